The van der Waals surface area contributed by atoms with Crippen molar-refractivity contribution in [1.82, 2.24) is 9.88 Å². The molecule has 108 valence electrons. The Balaban J connectivity index is 1.64. The van der Waals surface area contributed by atoms with E-state index in [1.165, 1.54) is 0 Å². The topological polar surface area (TPSA) is 33.2 Å². The minimum Gasteiger partial charge on any atom is -0.342 e. The smallest absolute Gasteiger partial charge is 0.228 e. The molecule has 1 fully saturated rings. The second kappa shape index (κ2) is 6.27. The number of rotatable bonds is 3. The number of hydrogen-bond donors (Lipinski definition) is 0. The Morgan fingerprint density at radius 3 is 2.81 bits per heavy atom. The van der Waals surface area contributed by atoms with Gasteiger partial charge in [-0.3, -0.25) is 9.78 Å². The molecule has 21 heavy (non-hydrogen) atoms. The summed E-state index contributed by atoms with van der Waals surface area (Å²) in [6, 6.07) is 13.6. The molecule has 4 heteroatoms. The van der Waals surface area contributed by atoms with E-state index < -0.39 is 0 Å². The largest absolute Gasteiger partial charge is 0.342 e. The minimum atomic E-state index is 0.142. The van der Waals surface area contributed by atoms with E-state index in [1.54, 1.807) is 6.20 Å². The van der Waals surface area contributed by atoms with Crippen LogP contribution in [0.15, 0.2) is 48.7 Å². The van der Waals surface area contributed by atoms with Crippen molar-refractivity contribution in [2.45, 2.75) is 18.8 Å². The van der Waals surface area contributed by atoms with Crippen molar-refractivity contribution in [1.29, 1.82) is 0 Å². The third-order valence-corrected chi connectivity index (χ3v) is 4.29. The number of pyridine rings is 1. The Morgan fingerprint density at radius 2 is 2.05 bits per heavy atom. The lowest BCUT2D eigenvalue weighted by molar-refractivity contribution is -0.129. The van der Waals surface area contributed by atoms with Crippen molar-refractivity contribution in [3.05, 3.63) is 64.9 Å². The molecule has 2 aromatic rings. The first-order valence-electron chi connectivity index (χ1n) is 7.16. The van der Waals surface area contributed by atoms with E-state index in [0.29, 0.717) is 12.3 Å². The van der Waals surface area contributed by atoms with Crippen molar-refractivity contribution >= 4 is 17.5 Å². The Bertz CT molecular complexity index is 630. The number of aromatic nitrogens is 1. The molecule has 2 heterocycles. The summed E-state index contributed by atoms with van der Waals surface area (Å²) in [6.07, 6.45) is 3.06. The molecule has 0 spiro atoms. The molecule has 1 aliphatic rings. The lowest BCUT2D eigenvalue weighted by Gasteiger charge is -2.17. The van der Waals surface area contributed by atoms with E-state index in [-0.39, 0.29) is 5.91 Å². The highest BCUT2D eigenvalue weighted by molar-refractivity contribution is 6.31. The molecule has 3 rings (SSSR count). The van der Waals surface area contributed by atoms with Crippen molar-refractivity contribution in [3.8, 4) is 0 Å². The quantitative estimate of drug-likeness (QED) is 0.871. The highest BCUT2D eigenvalue weighted by Gasteiger charge is 2.28. The van der Waals surface area contributed by atoms with Gasteiger partial charge in [0.05, 0.1) is 6.42 Å². The fourth-order valence-corrected chi connectivity index (χ4v) is 3.11. The maximum absolute atomic E-state index is 12.3. The number of carbonyl (C=O) groups is 1. The molecule has 1 atom stereocenters. The first-order chi connectivity index (χ1) is 10.2. The molecule has 0 bridgehead atoms. The number of nitrogens with zero attached hydrogens (tertiary/aromatic N) is 2. The summed E-state index contributed by atoms with van der Waals surface area (Å²) < 4.78 is 0. The van der Waals surface area contributed by atoms with Crippen LogP contribution in [0.5, 0.6) is 0 Å². The van der Waals surface area contributed by atoms with Gasteiger partial charge in [0, 0.05) is 35.9 Å². The Kier molecular flexibility index (Phi) is 4.20. The highest BCUT2D eigenvalue weighted by atomic mass is 35.5. The van der Waals surface area contributed by atoms with E-state index in [4.69, 9.17) is 11.6 Å². The number of hydrogen-bond acceptors (Lipinski definition) is 2. The van der Waals surface area contributed by atoms with Crippen LogP contribution in [0, 0.1) is 0 Å². The molecule has 1 saturated heterocycles. The molecule has 0 saturated carbocycles. The predicted octanol–water partition coefficient (Wildman–Crippen LogP) is 3.29. The second-order valence-corrected chi connectivity index (χ2v) is 5.75. The third-order valence-electron chi connectivity index (χ3n) is 3.94. The standard InChI is InChI=1S/C17H17ClN2O/c18-16-7-2-1-6-15(16)13-8-10-20(12-13)17(21)11-14-5-3-4-9-19-14/h1-7,9,13H,8,10-12H2/t13-/m0/s1. The zero-order valence-corrected chi connectivity index (χ0v) is 12.5. The molecule has 1 aromatic heterocycles. The Labute approximate surface area is 129 Å². The number of halogens is 1. The van der Waals surface area contributed by atoms with Crippen molar-refractivity contribution in [3.63, 3.8) is 0 Å². The third kappa shape index (κ3) is 3.24. The molecule has 0 aliphatic carbocycles. The van der Waals surface area contributed by atoms with Gasteiger partial charge in [-0.15, -0.1) is 0 Å². The summed E-state index contributed by atoms with van der Waals surface area (Å²) in [5, 5.41) is 0.793. The van der Waals surface area contributed by atoms with Gasteiger partial charge in [0.2, 0.25) is 5.91 Å². The van der Waals surface area contributed by atoms with Gasteiger partial charge < -0.3 is 4.90 Å². The van der Waals surface area contributed by atoms with Crippen LogP contribution in [-0.2, 0) is 11.2 Å². The number of benzene rings is 1. The maximum Gasteiger partial charge on any atom is 0.228 e. The zero-order chi connectivity index (χ0) is 14.7. The molecule has 0 unspecified atom stereocenters. The van der Waals surface area contributed by atoms with E-state index in [2.05, 4.69) is 11.1 Å². The van der Waals surface area contributed by atoms with E-state index in [9.17, 15) is 4.79 Å². The minimum absolute atomic E-state index is 0.142. The lowest BCUT2D eigenvalue weighted by atomic mass is 9.98. The fourth-order valence-electron chi connectivity index (χ4n) is 2.82. The zero-order valence-electron chi connectivity index (χ0n) is 11.7. The van der Waals surface area contributed by atoms with Crippen LogP contribution in [0.2, 0.25) is 5.02 Å². The molecular weight excluding hydrogens is 284 g/mol. The summed E-state index contributed by atoms with van der Waals surface area (Å²) in [6.45, 7) is 1.54. The predicted molar refractivity (Wildman–Crippen MR) is 83.3 cm³/mol. The normalized spacial score (nSPS) is 18.0. The van der Waals surface area contributed by atoms with Gasteiger partial charge >= 0.3 is 0 Å². The van der Waals surface area contributed by atoms with Crippen LogP contribution in [0.1, 0.15) is 23.6 Å². The first-order valence-corrected chi connectivity index (χ1v) is 7.54. The van der Waals surface area contributed by atoms with Crippen LogP contribution in [0.4, 0.5) is 0 Å². The van der Waals surface area contributed by atoms with Crippen LogP contribution >= 0.6 is 11.6 Å². The molecule has 3 nitrogen and oxygen atoms in total. The van der Waals surface area contributed by atoms with Gasteiger partial charge in [0.1, 0.15) is 0 Å². The van der Waals surface area contributed by atoms with Crippen molar-refractivity contribution < 1.29 is 4.79 Å². The van der Waals surface area contributed by atoms with Gasteiger partial charge in [-0.25, -0.2) is 0 Å². The van der Waals surface area contributed by atoms with Crippen LogP contribution in [0.25, 0.3) is 0 Å². The second-order valence-electron chi connectivity index (χ2n) is 5.34. The number of carbonyl (C=O) groups excluding carboxylic acids is 1. The van der Waals surface area contributed by atoms with E-state index in [0.717, 1.165) is 35.8 Å². The summed E-state index contributed by atoms with van der Waals surface area (Å²) in [4.78, 5) is 18.5. The number of amides is 1. The monoisotopic (exact) mass is 300 g/mol. The highest BCUT2D eigenvalue weighted by Crippen LogP contribution is 2.32. The Hall–Kier alpha value is -1.87. The van der Waals surface area contributed by atoms with Crippen molar-refractivity contribution in [2.75, 3.05) is 13.1 Å². The molecule has 1 aliphatic heterocycles. The van der Waals surface area contributed by atoms with E-state index >= 15 is 0 Å². The summed E-state index contributed by atoms with van der Waals surface area (Å²) in [5.74, 6) is 0.481. The average molecular weight is 301 g/mol. The summed E-state index contributed by atoms with van der Waals surface area (Å²) in [5.41, 5.74) is 1.97. The van der Waals surface area contributed by atoms with Crippen LogP contribution in [0.3, 0.4) is 0 Å². The summed E-state index contributed by atoms with van der Waals surface area (Å²) >= 11 is 6.25. The van der Waals surface area contributed by atoms with Crippen LogP contribution < -0.4 is 0 Å². The van der Waals surface area contributed by atoms with E-state index in [1.807, 2.05) is 41.3 Å². The molecular formula is C17H17ClN2O. The van der Waals surface area contributed by atoms with Gasteiger partial charge in [-0.2, -0.15) is 0 Å². The molecule has 0 N–H and O–H groups in total. The average Bonchev–Trinajstić information content (AvgIpc) is 2.98. The number of likely N-dealkylation sites (tertiary alicyclic amines) is 1. The fraction of sp³-hybridized carbons (Fsp3) is 0.294. The summed E-state index contributed by atoms with van der Waals surface area (Å²) in [7, 11) is 0. The molecule has 0 radical (unpaired) electrons. The molecule has 1 aromatic carbocycles. The van der Waals surface area contributed by atoms with Gasteiger partial charge in [0.25, 0.3) is 0 Å². The van der Waals surface area contributed by atoms with Gasteiger partial charge in [-0.1, -0.05) is 35.9 Å². The lowest BCUT2D eigenvalue weighted by Crippen LogP contribution is -2.30. The van der Waals surface area contributed by atoms with Crippen molar-refractivity contribution in [2.24, 2.45) is 0 Å². The van der Waals surface area contributed by atoms with Crippen LogP contribution in [-0.4, -0.2) is 28.9 Å². The SMILES string of the molecule is O=C(Cc1ccccn1)N1CC[C@H](c2ccccc2Cl)C1. The van der Waals surface area contributed by atoms with Gasteiger partial charge in [0.15, 0.2) is 0 Å². The maximum atomic E-state index is 12.3. The Morgan fingerprint density at radius 1 is 1.24 bits per heavy atom. The molecule has 1 amide bonds. The van der Waals surface area contributed by atoms with Gasteiger partial charge in [-0.05, 0) is 30.2 Å². The first kappa shape index (κ1) is 14.1.